The minimum Gasteiger partial charge on any atom is -0.472 e. The molecule has 29 heavy (non-hydrogen) atoms. The van der Waals surface area contributed by atoms with Gasteiger partial charge in [0, 0.05) is 22.9 Å². The number of nitriles is 1. The number of ether oxygens (including phenoxy) is 1. The van der Waals surface area contributed by atoms with E-state index in [9.17, 15) is 14.9 Å². The molecule has 1 aliphatic carbocycles. The van der Waals surface area contributed by atoms with E-state index in [0.29, 0.717) is 43.0 Å². The normalized spacial score (nSPS) is 18.4. The van der Waals surface area contributed by atoms with Gasteiger partial charge in [-0.3, -0.25) is 9.63 Å². The van der Waals surface area contributed by atoms with Crippen LogP contribution in [-0.4, -0.2) is 36.3 Å². The van der Waals surface area contributed by atoms with E-state index in [-0.39, 0.29) is 12.0 Å². The smallest absolute Gasteiger partial charge is 0.434 e. The van der Waals surface area contributed by atoms with Crippen LogP contribution in [0.1, 0.15) is 34.4 Å². The number of nitrogens with one attached hydrogen (secondary N) is 1. The number of carbonyl (C=O) groups excluding carboxylic acids is 2. The van der Waals surface area contributed by atoms with E-state index < -0.39 is 6.09 Å². The number of amides is 2. The molecule has 0 spiro atoms. The molecule has 0 saturated carbocycles. The molecular formula is C20H19N3O5S. The number of anilines is 1. The third kappa shape index (κ3) is 4.34. The molecule has 1 unspecified atom stereocenters. The Morgan fingerprint density at radius 1 is 1.45 bits per heavy atom. The van der Waals surface area contributed by atoms with Crippen molar-refractivity contribution in [1.82, 2.24) is 5.06 Å². The van der Waals surface area contributed by atoms with Gasteiger partial charge in [-0.1, -0.05) is 0 Å². The lowest BCUT2D eigenvalue weighted by molar-refractivity contribution is -0.111. The van der Waals surface area contributed by atoms with Crippen molar-refractivity contribution < 1.29 is 23.6 Å². The maximum absolute atomic E-state index is 12.2. The zero-order valence-corrected chi connectivity index (χ0v) is 16.4. The van der Waals surface area contributed by atoms with Gasteiger partial charge in [0.05, 0.1) is 31.2 Å². The standard InChI is InChI=1S/C20H19N3O5S/c21-11-16-15-4-3-14(28-20(25)23-7-1-8-27-23)10-17(15)29-19(16)22-18(24)5-2-13-6-9-26-12-13/h2,5-6,9,12,14H,1,3-4,7-8,10H2,(H,22,24)/b5-2+. The lowest BCUT2D eigenvalue weighted by atomic mass is 9.94. The minimum atomic E-state index is -0.467. The molecule has 3 heterocycles. The highest BCUT2D eigenvalue weighted by Crippen LogP contribution is 2.38. The Balaban J connectivity index is 1.42. The molecular weight excluding hydrogens is 394 g/mol. The minimum absolute atomic E-state index is 0.270. The first-order valence-corrected chi connectivity index (χ1v) is 10.1. The molecule has 8 nitrogen and oxygen atoms in total. The first-order valence-electron chi connectivity index (χ1n) is 9.31. The number of hydroxylamine groups is 2. The molecule has 2 aromatic rings. The second-order valence-electron chi connectivity index (χ2n) is 6.74. The Morgan fingerprint density at radius 2 is 2.34 bits per heavy atom. The lowest BCUT2D eigenvalue weighted by Gasteiger charge is -2.24. The van der Waals surface area contributed by atoms with E-state index in [2.05, 4.69) is 11.4 Å². The summed E-state index contributed by atoms with van der Waals surface area (Å²) in [6.07, 6.45) is 7.92. The van der Waals surface area contributed by atoms with Gasteiger partial charge >= 0.3 is 6.09 Å². The molecule has 1 fully saturated rings. The molecule has 1 N–H and O–H groups in total. The SMILES string of the molecule is N#Cc1c(NC(=O)/C=C/c2ccoc2)sc2c1CCC(OC(=O)N1CCCO1)C2. The van der Waals surface area contributed by atoms with Crippen LogP contribution in [0.15, 0.2) is 29.1 Å². The molecule has 4 rings (SSSR count). The van der Waals surface area contributed by atoms with Crippen molar-refractivity contribution >= 4 is 34.4 Å². The molecule has 2 aromatic heterocycles. The number of carbonyl (C=O) groups is 2. The first kappa shape index (κ1) is 19.2. The highest BCUT2D eigenvalue weighted by molar-refractivity contribution is 7.16. The summed E-state index contributed by atoms with van der Waals surface area (Å²) in [7, 11) is 0. The van der Waals surface area contributed by atoms with E-state index in [1.54, 1.807) is 12.1 Å². The highest BCUT2D eigenvalue weighted by Gasteiger charge is 2.30. The van der Waals surface area contributed by atoms with Crippen LogP contribution in [0.2, 0.25) is 0 Å². The predicted molar refractivity (Wildman–Crippen MR) is 105 cm³/mol. The third-order valence-electron chi connectivity index (χ3n) is 4.76. The maximum Gasteiger partial charge on any atom is 0.434 e. The molecule has 2 aliphatic rings. The molecule has 0 aromatic carbocycles. The van der Waals surface area contributed by atoms with Gasteiger partial charge in [0.1, 0.15) is 17.2 Å². The lowest BCUT2D eigenvalue weighted by Crippen LogP contribution is -2.33. The van der Waals surface area contributed by atoms with Crippen LogP contribution < -0.4 is 5.32 Å². The zero-order chi connectivity index (χ0) is 20.2. The molecule has 0 bridgehead atoms. The van der Waals surface area contributed by atoms with Crippen LogP contribution in [0.5, 0.6) is 0 Å². The van der Waals surface area contributed by atoms with E-state index in [4.69, 9.17) is 14.0 Å². The van der Waals surface area contributed by atoms with Crippen molar-refractivity contribution in [1.29, 1.82) is 5.26 Å². The number of rotatable bonds is 4. The fourth-order valence-electron chi connectivity index (χ4n) is 3.35. The van der Waals surface area contributed by atoms with Gasteiger partial charge in [0.15, 0.2) is 0 Å². The van der Waals surface area contributed by atoms with Crippen LogP contribution >= 0.6 is 11.3 Å². The summed E-state index contributed by atoms with van der Waals surface area (Å²) in [5, 5.41) is 14.1. The maximum atomic E-state index is 12.2. The van der Waals surface area contributed by atoms with Gasteiger partial charge in [-0.25, -0.2) is 4.79 Å². The van der Waals surface area contributed by atoms with Gasteiger partial charge in [-0.15, -0.1) is 11.3 Å². The van der Waals surface area contributed by atoms with Gasteiger partial charge in [0.2, 0.25) is 5.91 Å². The van der Waals surface area contributed by atoms with E-state index >= 15 is 0 Å². The average molecular weight is 413 g/mol. The number of hydrogen-bond acceptors (Lipinski definition) is 7. The third-order valence-corrected chi connectivity index (χ3v) is 5.93. The number of furan rings is 1. The Kier molecular flexibility index (Phi) is 5.64. The van der Waals surface area contributed by atoms with Gasteiger partial charge < -0.3 is 14.5 Å². The number of hydrogen-bond donors (Lipinski definition) is 1. The van der Waals surface area contributed by atoms with Gasteiger partial charge in [0.25, 0.3) is 0 Å². The molecule has 2 amide bonds. The van der Waals surface area contributed by atoms with Gasteiger partial charge in [-0.2, -0.15) is 10.3 Å². The average Bonchev–Trinajstić information content (AvgIpc) is 3.46. The van der Waals surface area contributed by atoms with Crippen molar-refractivity contribution in [3.63, 3.8) is 0 Å². The number of thiophene rings is 1. The first-order chi connectivity index (χ1) is 14.1. The Morgan fingerprint density at radius 3 is 3.07 bits per heavy atom. The Bertz CT molecular complexity index is 967. The van der Waals surface area contributed by atoms with Crippen molar-refractivity contribution in [2.24, 2.45) is 0 Å². The second kappa shape index (κ2) is 8.51. The van der Waals surface area contributed by atoms with Crippen molar-refractivity contribution in [2.45, 2.75) is 31.8 Å². The summed E-state index contributed by atoms with van der Waals surface area (Å²) in [5.74, 6) is -0.324. The number of nitrogens with zero attached hydrogens (tertiary/aromatic N) is 2. The fraction of sp³-hybridized carbons (Fsp3) is 0.350. The van der Waals surface area contributed by atoms with Crippen molar-refractivity contribution in [3.8, 4) is 6.07 Å². The molecule has 1 aliphatic heterocycles. The van der Waals surface area contributed by atoms with E-state index in [1.807, 2.05) is 0 Å². The van der Waals surface area contributed by atoms with Gasteiger partial charge in [-0.05, 0) is 37.0 Å². The molecule has 1 saturated heterocycles. The van der Waals surface area contributed by atoms with Crippen LogP contribution in [0.25, 0.3) is 6.08 Å². The fourth-order valence-corrected chi connectivity index (χ4v) is 4.62. The van der Waals surface area contributed by atoms with Crippen molar-refractivity contribution in [3.05, 3.63) is 46.2 Å². The van der Waals surface area contributed by atoms with Crippen LogP contribution in [0.4, 0.5) is 9.80 Å². The summed E-state index contributed by atoms with van der Waals surface area (Å²) >= 11 is 1.36. The summed E-state index contributed by atoms with van der Waals surface area (Å²) in [6.45, 7) is 1.06. The van der Waals surface area contributed by atoms with E-state index in [0.717, 1.165) is 22.4 Å². The number of fused-ring (bicyclic) bond motifs is 1. The largest absolute Gasteiger partial charge is 0.472 e. The molecule has 150 valence electrons. The predicted octanol–water partition coefficient (Wildman–Crippen LogP) is 3.50. The molecule has 0 radical (unpaired) electrons. The Labute approximate surface area is 171 Å². The summed E-state index contributed by atoms with van der Waals surface area (Å²) in [5.41, 5.74) is 2.19. The topological polar surface area (TPSA) is 105 Å². The van der Waals surface area contributed by atoms with E-state index in [1.165, 1.54) is 35.0 Å². The second-order valence-corrected chi connectivity index (χ2v) is 7.84. The quantitative estimate of drug-likeness (QED) is 0.769. The Hall–Kier alpha value is -3.09. The summed E-state index contributed by atoms with van der Waals surface area (Å²) < 4.78 is 10.5. The van der Waals surface area contributed by atoms with Crippen LogP contribution in [0, 0.1) is 11.3 Å². The highest BCUT2D eigenvalue weighted by atomic mass is 32.1. The molecule has 1 atom stereocenters. The van der Waals surface area contributed by atoms with Crippen LogP contribution in [-0.2, 0) is 27.2 Å². The van der Waals surface area contributed by atoms with Crippen LogP contribution in [0.3, 0.4) is 0 Å². The summed E-state index contributed by atoms with van der Waals surface area (Å²) in [6, 6.07) is 3.94. The van der Waals surface area contributed by atoms with Crippen molar-refractivity contribution in [2.75, 3.05) is 18.5 Å². The molecule has 9 heteroatoms. The monoisotopic (exact) mass is 413 g/mol. The summed E-state index contributed by atoms with van der Waals surface area (Å²) in [4.78, 5) is 30.5. The zero-order valence-electron chi connectivity index (χ0n) is 15.6.